The van der Waals surface area contributed by atoms with Crippen molar-refractivity contribution in [2.45, 2.75) is 16.7 Å². The third kappa shape index (κ3) is 6.82. The zero-order valence-electron chi connectivity index (χ0n) is 19.1. The van der Waals surface area contributed by atoms with Crippen LogP contribution >= 0.6 is 46.4 Å². The number of carbonyl (C=O) groups excluding carboxylic acids is 2. The Balaban J connectivity index is 1.72. The van der Waals surface area contributed by atoms with Gasteiger partial charge in [-0.3, -0.25) is 9.59 Å². The molecule has 1 aliphatic rings. The molecule has 2 aromatic carbocycles. The zero-order valence-corrected chi connectivity index (χ0v) is 22.1. The number of carbonyl (C=O) groups is 2. The Kier molecular flexibility index (Phi) is 9.23. The SMILES string of the molecule is C=C/C(=C\C(Cl)=C(/CC(=O)Nc1ccc(F)cc1F)OC)NC(=O)C1C(c2ccc(F)c(Cl)c2)C1(Cl)Cl. The van der Waals surface area contributed by atoms with E-state index < -0.39 is 51.9 Å². The number of ether oxygens (including phenoxy) is 1. The first-order valence-electron chi connectivity index (χ1n) is 10.5. The summed E-state index contributed by atoms with van der Waals surface area (Å²) in [6.07, 6.45) is 2.18. The summed E-state index contributed by atoms with van der Waals surface area (Å²) in [6.45, 7) is 3.62. The van der Waals surface area contributed by atoms with Crippen molar-refractivity contribution >= 4 is 63.9 Å². The number of rotatable bonds is 9. The van der Waals surface area contributed by atoms with E-state index in [9.17, 15) is 22.8 Å². The minimum absolute atomic E-state index is 0.00966. The van der Waals surface area contributed by atoms with Crippen molar-refractivity contribution in [3.8, 4) is 0 Å². The van der Waals surface area contributed by atoms with Crippen molar-refractivity contribution in [1.82, 2.24) is 5.32 Å². The van der Waals surface area contributed by atoms with Crippen LogP contribution < -0.4 is 10.6 Å². The van der Waals surface area contributed by atoms with Crippen LogP contribution in [0, 0.1) is 23.4 Å². The van der Waals surface area contributed by atoms with Crippen molar-refractivity contribution in [3.63, 3.8) is 0 Å². The molecule has 196 valence electrons. The molecule has 0 saturated heterocycles. The number of alkyl halides is 2. The zero-order chi connectivity index (χ0) is 27.5. The van der Waals surface area contributed by atoms with Gasteiger partial charge in [-0.1, -0.05) is 35.8 Å². The van der Waals surface area contributed by atoms with Gasteiger partial charge in [0.05, 0.1) is 35.2 Å². The summed E-state index contributed by atoms with van der Waals surface area (Å²) in [4.78, 5) is 25.2. The van der Waals surface area contributed by atoms with E-state index in [4.69, 9.17) is 51.1 Å². The maximum absolute atomic E-state index is 13.8. The Morgan fingerprint density at radius 1 is 1.14 bits per heavy atom. The van der Waals surface area contributed by atoms with E-state index in [-0.39, 0.29) is 27.2 Å². The summed E-state index contributed by atoms with van der Waals surface area (Å²) in [5.74, 6) is -5.15. The molecule has 1 aliphatic carbocycles. The molecule has 1 fully saturated rings. The second-order valence-corrected chi connectivity index (χ2v) is 10.2. The minimum Gasteiger partial charge on any atom is -0.499 e. The number of halogens is 7. The number of nitrogens with one attached hydrogen (secondary N) is 2. The molecule has 5 nitrogen and oxygen atoms in total. The summed E-state index contributed by atoms with van der Waals surface area (Å²) in [6, 6.07) is 6.64. The van der Waals surface area contributed by atoms with Crippen molar-refractivity contribution < 1.29 is 27.5 Å². The van der Waals surface area contributed by atoms with E-state index in [2.05, 4.69) is 17.2 Å². The normalized spacial score (nSPS) is 19.0. The van der Waals surface area contributed by atoms with Gasteiger partial charge in [-0.15, -0.1) is 23.2 Å². The number of hydrogen-bond donors (Lipinski definition) is 2. The van der Waals surface area contributed by atoms with Crippen molar-refractivity contribution in [2.24, 2.45) is 5.92 Å². The largest absolute Gasteiger partial charge is 0.499 e. The van der Waals surface area contributed by atoms with Crippen LogP contribution in [0.2, 0.25) is 5.02 Å². The molecule has 0 aromatic heterocycles. The van der Waals surface area contributed by atoms with Crippen LogP contribution in [0.25, 0.3) is 0 Å². The van der Waals surface area contributed by atoms with Gasteiger partial charge in [0.25, 0.3) is 0 Å². The molecular weight excluding hydrogens is 575 g/mol. The van der Waals surface area contributed by atoms with Crippen LogP contribution in [0.15, 0.2) is 71.6 Å². The van der Waals surface area contributed by atoms with E-state index in [0.29, 0.717) is 11.6 Å². The molecular formula is C25H19Cl4F3N2O3. The van der Waals surface area contributed by atoms with Crippen LogP contribution in [0.4, 0.5) is 18.9 Å². The van der Waals surface area contributed by atoms with Gasteiger partial charge < -0.3 is 15.4 Å². The number of benzene rings is 2. The van der Waals surface area contributed by atoms with Gasteiger partial charge in [0.1, 0.15) is 27.5 Å². The van der Waals surface area contributed by atoms with E-state index in [1.807, 2.05) is 0 Å². The fourth-order valence-electron chi connectivity index (χ4n) is 3.54. The Morgan fingerprint density at radius 3 is 2.43 bits per heavy atom. The highest BCUT2D eigenvalue weighted by Crippen LogP contribution is 2.65. The maximum Gasteiger partial charge on any atom is 0.232 e. The topological polar surface area (TPSA) is 67.4 Å². The van der Waals surface area contributed by atoms with Crippen molar-refractivity contribution in [3.05, 3.63) is 99.7 Å². The van der Waals surface area contributed by atoms with Crippen LogP contribution in [-0.2, 0) is 14.3 Å². The molecule has 2 atom stereocenters. The van der Waals surface area contributed by atoms with Gasteiger partial charge in [-0.2, -0.15) is 0 Å². The van der Waals surface area contributed by atoms with Gasteiger partial charge in [0, 0.05) is 17.7 Å². The highest BCUT2D eigenvalue weighted by atomic mass is 35.5. The smallest absolute Gasteiger partial charge is 0.232 e. The highest BCUT2D eigenvalue weighted by Gasteiger charge is 2.67. The first-order valence-corrected chi connectivity index (χ1v) is 12.1. The molecule has 0 heterocycles. The van der Waals surface area contributed by atoms with Crippen molar-refractivity contribution in [2.75, 3.05) is 12.4 Å². The molecule has 1 saturated carbocycles. The van der Waals surface area contributed by atoms with Gasteiger partial charge in [-0.05, 0) is 42.0 Å². The third-order valence-corrected chi connectivity index (χ3v) is 7.00. The average Bonchev–Trinajstić information content (AvgIpc) is 3.42. The fraction of sp³-hybridized carbons (Fsp3) is 0.200. The predicted octanol–water partition coefficient (Wildman–Crippen LogP) is 6.96. The molecule has 3 rings (SSSR count). The summed E-state index contributed by atoms with van der Waals surface area (Å²) < 4.78 is 44.1. The summed E-state index contributed by atoms with van der Waals surface area (Å²) in [5, 5.41) is 4.69. The van der Waals surface area contributed by atoms with Crippen LogP contribution in [-0.4, -0.2) is 23.3 Å². The van der Waals surface area contributed by atoms with Crippen LogP contribution in [0.3, 0.4) is 0 Å². The molecule has 0 spiro atoms. The summed E-state index contributed by atoms with van der Waals surface area (Å²) >= 11 is 24.8. The lowest BCUT2D eigenvalue weighted by atomic mass is 10.1. The number of anilines is 1. The van der Waals surface area contributed by atoms with Gasteiger partial charge in [0.2, 0.25) is 11.8 Å². The maximum atomic E-state index is 13.8. The van der Waals surface area contributed by atoms with Crippen LogP contribution in [0.1, 0.15) is 17.9 Å². The lowest BCUT2D eigenvalue weighted by Gasteiger charge is -2.11. The average molecular weight is 594 g/mol. The van der Waals surface area contributed by atoms with Gasteiger partial charge in [0.15, 0.2) is 0 Å². The number of amides is 2. The van der Waals surface area contributed by atoms with Gasteiger partial charge >= 0.3 is 0 Å². The molecule has 37 heavy (non-hydrogen) atoms. The molecule has 2 aromatic rings. The second-order valence-electron chi connectivity index (χ2n) is 7.92. The molecule has 2 amide bonds. The first-order chi connectivity index (χ1) is 17.4. The highest BCUT2D eigenvalue weighted by molar-refractivity contribution is 6.53. The van der Waals surface area contributed by atoms with Crippen LogP contribution in [0.5, 0.6) is 0 Å². The lowest BCUT2D eigenvalue weighted by molar-refractivity contribution is -0.121. The number of hydrogen-bond acceptors (Lipinski definition) is 3. The lowest BCUT2D eigenvalue weighted by Crippen LogP contribution is -2.25. The van der Waals surface area contributed by atoms with E-state index in [1.165, 1.54) is 31.4 Å². The van der Waals surface area contributed by atoms with E-state index in [1.54, 1.807) is 0 Å². The van der Waals surface area contributed by atoms with E-state index >= 15 is 0 Å². The Labute approximate surface area is 230 Å². The molecule has 0 aliphatic heterocycles. The molecule has 0 bridgehead atoms. The molecule has 12 heteroatoms. The quantitative estimate of drug-likeness (QED) is 0.188. The monoisotopic (exact) mass is 592 g/mol. The molecule has 2 unspecified atom stereocenters. The van der Waals surface area contributed by atoms with E-state index in [0.717, 1.165) is 18.2 Å². The number of methoxy groups -OCH3 is 1. The Morgan fingerprint density at radius 2 is 1.84 bits per heavy atom. The van der Waals surface area contributed by atoms with Crippen molar-refractivity contribution in [1.29, 1.82) is 0 Å². The van der Waals surface area contributed by atoms with Gasteiger partial charge in [-0.25, -0.2) is 13.2 Å². The molecule has 0 radical (unpaired) electrons. The molecule has 2 N–H and O–H groups in total. The Bertz CT molecular complexity index is 1310. The number of allylic oxidation sites excluding steroid dienone is 3. The first kappa shape index (κ1) is 28.9. The fourth-order valence-corrected chi connectivity index (χ4v) is 4.82. The standard InChI is InChI=1S/C25H19Cl4F3N2O3/c1-3-14(33-24(36)23-22(25(23,28)29)12-4-6-17(31)15(26)8-12)10-16(27)20(37-2)11-21(35)34-19-7-5-13(30)9-18(19)32/h3-10,22-23H,1,11H2,2H3,(H,33,36)(H,34,35)/b14-10+,20-16-. The summed E-state index contributed by atoms with van der Waals surface area (Å²) in [5.41, 5.74) is 0.407. The second kappa shape index (κ2) is 11.8. The Hall–Kier alpha value is -2.65. The minimum atomic E-state index is -1.46. The third-order valence-electron chi connectivity index (χ3n) is 5.45. The summed E-state index contributed by atoms with van der Waals surface area (Å²) in [7, 11) is 1.27. The predicted molar refractivity (Wildman–Crippen MR) is 138 cm³/mol.